The Morgan fingerprint density at radius 2 is 2.03 bits per heavy atom. The molecule has 1 aliphatic heterocycles. The second kappa shape index (κ2) is 8.29. The quantitative estimate of drug-likeness (QED) is 0.460. The molecule has 3 aromatic heterocycles. The molecular formula is C26H28N6O2. The first-order valence-electron chi connectivity index (χ1n) is 11.8. The summed E-state index contributed by atoms with van der Waals surface area (Å²) in [5.41, 5.74) is 4.04. The minimum atomic E-state index is 0.00614. The van der Waals surface area contributed by atoms with Gasteiger partial charge in [-0.3, -0.25) is 14.4 Å². The van der Waals surface area contributed by atoms with Gasteiger partial charge in [-0.25, -0.2) is 4.52 Å². The number of benzene rings is 1. The van der Waals surface area contributed by atoms with E-state index in [1.807, 2.05) is 54.3 Å². The van der Waals surface area contributed by atoms with Crippen LogP contribution in [0.1, 0.15) is 24.3 Å². The van der Waals surface area contributed by atoms with Crippen LogP contribution in [0.5, 0.6) is 5.75 Å². The Morgan fingerprint density at radius 3 is 2.79 bits per heavy atom. The zero-order chi connectivity index (χ0) is 23.2. The molecule has 8 heteroatoms. The normalized spacial score (nSPS) is 21.9. The molecule has 174 valence electrons. The number of likely N-dealkylation sites (tertiary alicyclic amines) is 1. The Labute approximate surface area is 198 Å². The van der Waals surface area contributed by atoms with Crippen LogP contribution in [0, 0.1) is 5.92 Å². The van der Waals surface area contributed by atoms with Crippen molar-refractivity contribution in [3.8, 4) is 17.0 Å². The minimum Gasteiger partial charge on any atom is -0.488 e. The number of anilines is 1. The van der Waals surface area contributed by atoms with Crippen molar-refractivity contribution in [2.75, 3.05) is 25.5 Å². The van der Waals surface area contributed by atoms with E-state index in [1.165, 1.54) is 5.56 Å². The lowest BCUT2D eigenvalue weighted by Gasteiger charge is -2.37. The molecule has 1 aliphatic carbocycles. The summed E-state index contributed by atoms with van der Waals surface area (Å²) in [4.78, 5) is 15.1. The number of carbonyl (C=O) groups excluding carboxylic acids is 1. The van der Waals surface area contributed by atoms with Crippen molar-refractivity contribution in [3.05, 3.63) is 66.5 Å². The number of nitrogens with one attached hydrogen (secondary N) is 1. The molecule has 1 N–H and O–H groups in total. The summed E-state index contributed by atoms with van der Waals surface area (Å²) in [5.74, 6) is 1.68. The molecular weight excluding hydrogens is 428 g/mol. The van der Waals surface area contributed by atoms with Crippen molar-refractivity contribution in [1.82, 2.24) is 24.3 Å². The third kappa shape index (κ3) is 3.84. The Morgan fingerprint density at radius 1 is 1.18 bits per heavy atom. The highest BCUT2D eigenvalue weighted by atomic mass is 16.5. The molecule has 2 aliphatic rings. The van der Waals surface area contributed by atoms with E-state index in [2.05, 4.69) is 39.6 Å². The smallest absolute Gasteiger partial charge is 0.229 e. The number of aromatic nitrogens is 4. The number of carbonyl (C=O) groups is 1. The highest BCUT2D eigenvalue weighted by Crippen LogP contribution is 2.47. The van der Waals surface area contributed by atoms with E-state index in [9.17, 15) is 4.79 Å². The number of hydrogen-bond donors (Lipinski definition) is 1. The van der Waals surface area contributed by atoms with Crippen LogP contribution in [0.25, 0.3) is 16.8 Å². The number of aryl methyl sites for hydroxylation is 1. The van der Waals surface area contributed by atoms with Crippen molar-refractivity contribution in [3.63, 3.8) is 0 Å². The van der Waals surface area contributed by atoms with E-state index in [1.54, 1.807) is 10.7 Å². The fraction of sp³-hybridized carbons (Fsp3) is 0.346. The van der Waals surface area contributed by atoms with Gasteiger partial charge in [0.1, 0.15) is 12.3 Å². The van der Waals surface area contributed by atoms with E-state index < -0.39 is 0 Å². The highest BCUT2D eigenvalue weighted by molar-refractivity contribution is 5.95. The van der Waals surface area contributed by atoms with E-state index in [-0.39, 0.29) is 11.8 Å². The molecule has 1 unspecified atom stereocenters. The van der Waals surface area contributed by atoms with Crippen LogP contribution in [0.3, 0.4) is 0 Å². The summed E-state index contributed by atoms with van der Waals surface area (Å²) < 4.78 is 9.75. The van der Waals surface area contributed by atoms with Gasteiger partial charge in [-0.15, -0.1) is 0 Å². The van der Waals surface area contributed by atoms with Crippen LogP contribution in [-0.4, -0.2) is 56.4 Å². The van der Waals surface area contributed by atoms with Gasteiger partial charge in [0.15, 0.2) is 11.6 Å². The van der Waals surface area contributed by atoms with Crippen molar-refractivity contribution >= 4 is 17.2 Å². The van der Waals surface area contributed by atoms with Crippen molar-refractivity contribution in [2.45, 2.75) is 24.8 Å². The van der Waals surface area contributed by atoms with Crippen LogP contribution in [0.4, 0.5) is 5.82 Å². The summed E-state index contributed by atoms with van der Waals surface area (Å²) in [6, 6.07) is 16.6. The maximum Gasteiger partial charge on any atom is 0.229 e. The summed E-state index contributed by atoms with van der Waals surface area (Å²) >= 11 is 0. The lowest BCUT2D eigenvalue weighted by molar-refractivity contribution is -0.117. The fourth-order valence-corrected chi connectivity index (χ4v) is 4.79. The van der Waals surface area contributed by atoms with Gasteiger partial charge in [-0.1, -0.05) is 30.3 Å². The molecule has 8 nitrogen and oxygen atoms in total. The van der Waals surface area contributed by atoms with Crippen molar-refractivity contribution in [2.24, 2.45) is 13.0 Å². The second-order valence-corrected chi connectivity index (χ2v) is 9.38. The van der Waals surface area contributed by atoms with Crippen LogP contribution >= 0.6 is 0 Å². The van der Waals surface area contributed by atoms with Crippen LogP contribution < -0.4 is 10.1 Å². The molecule has 34 heavy (non-hydrogen) atoms. The fourth-order valence-electron chi connectivity index (χ4n) is 4.79. The number of pyridine rings is 1. The lowest BCUT2D eigenvalue weighted by Crippen LogP contribution is -2.48. The van der Waals surface area contributed by atoms with Gasteiger partial charge in [0.05, 0.1) is 11.7 Å². The number of ether oxygens (including phenoxy) is 1. The first-order valence-corrected chi connectivity index (χ1v) is 11.8. The van der Waals surface area contributed by atoms with Gasteiger partial charge >= 0.3 is 0 Å². The Balaban J connectivity index is 1.17. The van der Waals surface area contributed by atoms with Crippen LogP contribution in [0.2, 0.25) is 0 Å². The molecule has 4 aromatic rings. The van der Waals surface area contributed by atoms with E-state index in [0.29, 0.717) is 24.4 Å². The number of nitrogens with zero attached hydrogens (tertiary/aromatic N) is 5. The monoisotopic (exact) mass is 456 g/mol. The predicted molar refractivity (Wildman–Crippen MR) is 130 cm³/mol. The SMILES string of the molecule is CN1CCC1COc1cnn(C)c1-c1ccn2nc(NC(=O)[C@@H]3C[C@@H]3c3ccccc3)cc2c1. The first-order chi connectivity index (χ1) is 16.6. The van der Waals surface area contributed by atoms with Crippen LogP contribution in [-0.2, 0) is 11.8 Å². The molecule has 0 bridgehead atoms. The molecule has 1 aromatic carbocycles. The molecule has 3 atom stereocenters. The van der Waals surface area contributed by atoms with Gasteiger partial charge in [-0.2, -0.15) is 10.2 Å². The Hall–Kier alpha value is -3.65. The third-order valence-corrected chi connectivity index (χ3v) is 7.12. The second-order valence-electron chi connectivity index (χ2n) is 9.38. The maximum absolute atomic E-state index is 12.8. The zero-order valence-corrected chi connectivity index (χ0v) is 19.4. The van der Waals surface area contributed by atoms with Gasteiger partial charge in [0.2, 0.25) is 5.91 Å². The molecule has 0 radical (unpaired) electrons. The zero-order valence-electron chi connectivity index (χ0n) is 19.4. The molecule has 0 spiro atoms. The minimum absolute atomic E-state index is 0.00614. The molecule has 1 amide bonds. The number of amides is 1. The molecule has 1 saturated heterocycles. The molecule has 2 fully saturated rings. The van der Waals surface area contributed by atoms with Crippen molar-refractivity contribution in [1.29, 1.82) is 0 Å². The van der Waals surface area contributed by atoms with Gasteiger partial charge in [-0.05, 0) is 50.0 Å². The van der Waals surface area contributed by atoms with Gasteiger partial charge < -0.3 is 10.1 Å². The third-order valence-electron chi connectivity index (χ3n) is 7.12. The highest BCUT2D eigenvalue weighted by Gasteiger charge is 2.44. The predicted octanol–water partition coefficient (Wildman–Crippen LogP) is 3.56. The summed E-state index contributed by atoms with van der Waals surface area (Å²) in [6.45, 7) is 1.78. The van der Waals surface area contributed by atoms with Gasteiger partial charge in [0, 0.05) is 36.8 Å². The average Bonchev–Trinajstić information content (AvgIpc) is 3.43. The molecule has 6 rings (SSSR count). The lowest BCUT2D eigenvalue weighted by atomic mass is 10.1. The topological polar surface area (TPSA) is 76.7 Å². The first kappa shape index (κ1) is 20.9. The Kier molecular flexibility index (Phi) is 5.10. The summed E-state index contributed by atoms with van der Waals surface area (Å²) in [5, 5.41) is 12.0. The molecule has 1 saturated carbocycles. The maximum atomic E-state index is 12.8. The largest absolute Gasteiger partial charge is 0.488 e. The van der Waals surface area contributed by atoms with E-state index in [0.717, 1.165) is 41.9 Å². The van der Waals surface area contributed by atoms with Crippen molar-refractivity contribution < 1.29 is 9.53 Å². The average molecular weight is 457 g/mol. The summed E-state index contributed by atoms with van der Waals surface area (Å²) in [6.07, 6.45) is 5.72. The standard InChI is InChI=1S/C26H28N6O2/c1-30-10-9-19(30)16-34-23-15-27-31(2)25(23)18-8-11-32-20(12-18)13-24(29-32)28-26(33)22-14-21(22)17-6-4-3-5-7-17/h3-8,11-13,15,19,21-22H,9-10,14,16H2,1-2H3,(H,28,29,33)/t19?,21-,22-/m1/s1. The molecule has 4 heterocycles. The van der Waals surface area contributed by atoms with E-state index >= 15 is 0 Å². The number of likely N-dealkylation sites (N-methyl/N-ethyl adjacent to an activating group) is 1. The van der Waals surface area contributed by atoms with E-state index in [4.69, 9.17) is 4.74 Å². The van der Waals surface area contributed by atoms with Gasteiger partial charge in [0.25, 0.3) is 0 Å². The number of hydrogen-bond acceptors (Lipinski definition) is 5. The number of rotatable bonds is 7. The Bertz CT molecular complexity index is 1340. The number of fused-ring (bicyclic) bond motifs is 1. The van der Waals surface area contributed by atoms with Crippen LogP contribution in [0.15, 0.2) is 60.9 Å². The summed E-state index contributed by atoms with van der Waals surface area (Å²) in [7, 11) is 4.04.